The largest absolute Gasteiger partial charge is 0.465 e. The van der Waals surface area contributed by atoms with E-state index in [0.29, 0.717) is 19.4 Å². The first-order valence-corrected chi connectivity index (χ1v) is 15.5. The molecule has 3 N–H and O–H groups in total. The van der Waals surface area contributed by atoms with E-state index in [0.717, 1.165) is 11.0 Å². The first kappa shape index (κ1) is 33.6. The predicted octanol–water partition coefficient (Wildman–Crippen LogP) is 4.54. The Morgan fingerprint density at radius 1 is 1.21 bits per heavy atom. The summed E-state index contributed by atoms with van der Waals surface area (Å²) in [5, 5.41) is 13.4. The quantitative estimate of drug-likeness (QED) is 0.350. The molecule has 1 aliphatic heterocycles. The monoisotopic (exact) mass is 696 g/mol. The number of rotatable bonds is 9. The minimum Gasteiger partial charge on any atom is -0.465 e. The fraction of sp³-hybridized carbons (Fsp3) is 0.423. The molecule has 1 aliphatic rings. The van der Waals surface area contributed by atoms with Gasteiger partial charge in [-0.3, -0.25) is 14.5 Å². The number of carbonyl (C=O) groups is 3. The van der Waals surface area contributed by atoms with Crippen LogP contribution >= 0.6 is 27.5 Å². The van der Waals surface area contributed by atoms with Crippen LogP contribution in [0.1, 0.15) is 41.3 Å². The van der Waals surface area contributed by atoms with Crippen LogP contribution in [0.25, 0.3) is 0 Å². The van der Waals surface area contributed by atoms with Crippen molar-refractivity contribution < 1.29 is 41.1 Å². The van der Waals surface area contributed by atoms with Crippen LogP contribution in [0.4, 0.5) is 23.7 Å². The van der Waals surface area contributed by atoms with E-state index in [1.165, 1.54) is 38.2 Å². The van der Waals surface area contributed by atoms with Gasteiger partial charge in [-0.05, 0) is 55.3 Å². The number of carbonyl (C=O) groups excluding carboxylic acids is 2. The number of alkyl halides is 3. The molecule has 3 rings (SSSR count). The molecule has 1 atom stereocenters. The molecule has 2 aromatic rings. The Bertz CT molecular complexity index is 1470. The van der Waals surface area contributed by atoms with Gasteiger partial charge in [-0.15, -0.1) is 0 Å². The van der Waals surface area contributed by atoms with Crippen LogP contribution in [0.3, 0.4) is 0 Å². The van der Waals surface area contributed by atoms with E-state index in [-0.39, 0.29) is 50.0 Å². The number of piperidine rings is 1. The van der Waals surface area contributed by atoms with Crippen molar-refractivity contribution in [3.8, 4) is 0 Å². The first-order chi connectivity index (χ1) is 19.5. The van der Waals surface area contributed by atoms with Gasteiger partial charge in [0, 0.05) is 41.2 Å². The zero-order valence-electron chi connectivity index (χ0n) is 22.6. The highest BCUT2D eigenvalue weighted by atomic mass is 79.9. The molecule has 0 saturated carbocycles. The number of halogens is 5. The average Bonchev–Trinajstić information content (AvgIpc) is 2.91. The zero-order valence-corrected chi connectivity index (χ0v) is 25.8. The summed E-state index contributed by atoms with van der Waals surface area (Å²) >= 11 is 9.25. The van der Waals surface area contributed by atoms with Crippen LogP contribution < -0.4 is 15.5 Å². The number of amides is 3. The maximum Gasteiger partial charge on any atom is 0.416 e. The third kappa shape index (κ3) is 8.36. The molecule has 0 unspecified atom stereocenters. The third-order valence-electron chi connectivity index (χ3n) is 6.70. The molecule has 0 bridgehead atoms. The van der Waals surface area contributed by atoms with Crippen molar-refractivity contribution in [2.24, 2.45) is 0 Å². The standard InChI is InChI=1S/C26H29BrClF3N4O6S/c1-3-42(40,41)22-7-6-16(28)11-21(22)34(2)24(37)15-9-19(26(29,30)31)18(20(27)10-15)14-35-8-4-5-17(13-35)33-23(36)12-32-25(38)39/h6-7,9-11,17,32H,3-5,8,12-14H2,1-2H3,(H,33,36)(H,38,39)/t17-/m0/s1. The Balaban J connectivity index is 1.90. The lowest BCUT2D eigenvalue weighted by molar-refractivity contribution is -0.138. The summed E-state index contributed by atoms with van der Waals surface area (Å²) in [6.45, 7) is 1.52. The van der Waals surface area contributed by atoms with Gasteiger partial charge in [-0.2, -0.15) is 13.2 Å². The molecule has 1 saturated heterocycles. The van der Waals surface area contributed by atoms with Gasteiger partial charge in [0.1, 0.15) is 0 Å². The highest BCUT2D eigenvalue weighted by molar-refractivity contribution is 9.10. The number of sulfone groups is 1. The molecule has 0 aromatic heterocycles. The van der Waals surface area contributed by atoms with Crippen molar-refractivity contribution in [2.45, 2.75) is 43.4 Å². The smallest absolute Gasteiger partial charge is 0.416 e. The lowest BCUT2D eigenvalue weighted by Gasteiger charge is -2.34. The summed E-state index contributed by atoms with van der Waals surface area (Å²) in [4.78, 5) is 38.5. The minimum atomic E-state index is -4.83. The molecule has 1 heterocycles. The van der Waals surface area contributed by atoms with Crippen molar-refractivity contribution in [1.29, 1.82) is 0 Å². The number of hydrogen-bond acceptors (Lipinski definition) is 6. The van der Waals surface area contributed by atoms with E-state index in [4.69, 9.17) is 16.7 Å². The number of nitrogens with zero attached hydrogens (tertiary/aromatic N) is 2. The topological polar surface area (TPSA) is 136 Å². The van der Waals surface area contributed by atoms with E-state index in [9.17, 15) is 36.0 Å². The number of nitrogens with one attached hydrogen (secondary N) is 2. The number of benzene rings is 2. The number of carboxylic acid groups (broad SMARTS) is 1. The van der Waals surface area contributed by atoms with Gasteiger partial charge in [-0.1, -0.05) is 34.5 Å². The summed E-state index contributed by atoms with van der Waals surface area (Å²) in [6, 6.07) is 5.45. The van der Waals surface area contributed by atoms with Crippen LogP contribution in [0.15, 0.2) is 39.7 Å². The van der Waals surface area contributed by atoms with Crippen molar-refractivity contribution in [3.63, 3.8) is 0 Å². The van der Waals surface area contributed by atoms with Crippen LogP contribution in [-0.2, 0) is 27.4 Å². The van der Waals surface area contributed by atoms with Gasteiger partial charge in [0.05, 0.1) is 28.4 Å². The lowest BCUT2D eigenvalue weighted by atomic mass is 9.99. The second-order valence-corrected chi connectivity index (χ2v) is 13.2. The van der Waals surface area contributed by atoms with E-state index < -0.39 is 52.1 Å². The second kappa shape index (κ2) is 13.6. The summed E-state index contributed by atoms with van der Waals surface area (Å²) in [7, 11) is -2.54. The maximum absolute atomic E-state index is 14.3. The van der Waals surface area contributed by atoms with Gasteiger partial charge >= 0.3 is 12.3 Å². The number of likely N-dealkylation sites (tertiary alicyclic amines) is 1. The van der Waals surface area contributed by atoms with Crippen LogP contribution in [0.5, 0.6) is 0 Å². The maximum atomic E-state index is 14.3. The molecule has 42 heavy (non-hydrogen) atoms. The molecule has 0 spiro atoms. The lowest BCUT2D eigenvalue weighted by Crippen LogP contribution is -2.49. The molecule has 0 radical (unpaired) electrons. The SMILES string of the molecule is CCS(=O)(=O)c1ccc(Cl)cc1N(C)C(=O)c1cc(Br)c(CN2CCC[C@H](NC(=O)CNC(=O)O)C2)c(C(F)(F)F)c1. The van der Waals surface area contributed by atoms with Crippen molar-refractivity contribution in [1.82, 2.24) is 15.5 Å². The fourth-order valence-electron chi connectivity index (χ4n) is 4.62. The number of hydrogen-bond donors (Lipinski definition) is 3. The summed E-state index contributed by atoms with van der Waals surface area (Å²) in [5.74, 6) is -1.69. The highest BCUT2D eigenvalue weighted by Gasteiger charge is 2.37. The molecule has 1 fully saturated rings. The molecule has 10 nitrogen and oxygen atoms in total. The second-order valence-electron chi connectivity index (χ2n) is 9.66. The summed E-state index contributed by atoms with van der Waals surface area (Å²) in [5.41, 5.74) is -1.55. The predicted molar refractivity (Wildman–Crippen MR) is 154 cm³/mol. The van der Waals surface area contributed by atoms with Crippen LogP contribution in [-0.4, -0.2) is 74.8 Å². The van der Waals surface area contributed by atoms with Gasteiger partial charge in [-0.25, -0.2) is 13.2 Å². The van der Waals surface area contributed by atoms with E-state index >= 15 is 0 Å². The third-order valence-corrected chi connectivity index (χ3v) is 9.42. The molecule has 2 aromatic carbocycles. The Morgan fingerprint density at radius 2 is 1.90 bits per heavy atom. The van der Waals surface area contributed by atoms with Crippen LogP contribution in [0, 0.1) is 0 Å². The van der Waals surface area contributed by atoms with Gasteiger partial charge in [0.15, 0.2) is 9.84 Å². The van der Waals surface area contributed by atoms with Gasteiger partial charge in [0.2, 0.25) is 5.91 Å². The summed E-state index contributed by atoms with van der Waals surface area (Å²) < 4.78 is 68.2. The Hall–Kier alpha value is -2.88. The average molecular weight is 698 g/mol. The highest BCUT2D eigenvalue weighted by Crippen LogP contribution is 2.38. The molecule has 0 aliphatic carbocycles. The van der Waals surface area contributed by atoms with Crippen molar-refractivity contribution >= 4 is 61.0 Å². The molecule has 230 valence electrons. The van der Waals surface area contributed by atoms with E-state index in [1.807, 2.05) is 5.32 Å². The fourth-order valence-corrected chi connectivity index (χ4v) is 6.48. The molecular formula is C26H29BrClF3N4O6S. The first-order valence-electron chi connectivity index (χ1n) is 12.7. The van der Waals surface area contributed by atoms with Crippen molar-refractivity contribution in [2.75, 3.05) is 37.3 Å². The Labute approximate surface area is 254 Å². The number of anilines is 1. The van der Waals surface area contributed by atoms with Crippen LogP contribution in [0.2, 0.25) is 5.02 Å². The molecule has 3 amide bonds. The van der Waals surface area contributed by atoms with E-state index in [2.05, 4.69) is 21.2 Å². The zero-order chi connectivity index (χ0) is 31.4. The van der Waals surface area contributed by atoms with E-state index in [1.54, 1.807) is 4.90 Å². The molecular weight excluding hydrogens is 669 g/mol. The Kier molecular flexibility index (Phi) is 10.9. The molecule has 16 heteroatoms. The van der Waals surface area contributed by atoms with Gasteiger partial charge < -0.3 is 20.6 Å². The normalized spacial score (nSPS) is 16.1. The summed E-state index contributed by atoms with van der Waals surface area (Å²) in [6.07, 6.45) is -5.03. The van der Waals surface area contributed by atoms with Gasteiger partial charge in [0.25, 0.3) is 5.91 Å². The van der Waals surface area contributed by atoms with Crippen molar-refractivity contribution in [3.05, 3.63) is 56.5 Å². The minimum absolute atomic E-state index is 0.0263. The Morgan fingerprint density at radius 3 is 2.52 bits per heavy atom.